The van der Waals surface area contributed by atoms with E-state index in [0.29, 0.717) is 0 Å². The zero-order valence-electron chi connectivity index (χ0n) is 6.95. The molecule has 1 aliphatic heterocycles. The van der Waals surface area contributed by atoms with Gasteiger partial charge >= 0.3 is 0 Å². The fraction of sp³-hybridized carbons (Fsp3) is 0.625. The number of primary amides is 1. The lowest BCUT2D eigenvalue weighted by atomic mass is 10.3. The summed E-state index contributed by atoms with van der Waals surface area (Å²) in [5.74, 6) is -0.520. The SMILES string of the molecule is NC(=O)[CH]CC(=O)N1CCCC1. The molecule has 0 atom stereocenters. The predicted molar refractivity (Wildman–Crippen MR) is 43.9 cm³/mol. The number of carbonyl (C=O) groups excluding carboxylic acids is 2. The highest BCUT2D eigenvalue weighted by molar-refractivity contribution is 5.89. The van der Waals surface area contributed by atoms with Gasteiger partial charge in [0.2, 0.25) is 11.8 Å². The minimum Gasteiger partial charge on any atom is -0.369 e. The van der Waals surface area contributed by atoms with E-state index in [9.17, 15) is 9.59 Å². The van der Waals surface area contributed by atoms with Crippen molar-refractivity contribution in [2.24, 2.45) is 5.73 Å². The number of carbonyl (C=O) groups is 2. The molecule has 0 bridgehead atoms. The van der Waals surface area contributed by atoms with E-state index >= 15 is 0 Å². The van der Waals surface area contributed by atoms with Crippen LogP contribution in [0.1, 0.15) is 19.3 Å². The fourth-order valence-electron chi connectivity index (χ4n) is 1.28. The third kappa shape index (κ3) is 2.53. The number of nitrogens with two attached hydrogens (primary N) is 1. The predicted octanol–water partition coefficient (Wildman–Crippen LogP) is -0.312. The molecule has 4 heteroatoms. The summed E-state index contributed by atoms with van der Waals surface area (Å²) >= 11 is 0. The highest BCUT2D eigenvalue weighted by Gasteiger charge is 2.17. The smallest absolute Gasteiger partial charge is 0.223 e. The van der Waals surface area contributed by atoms with E-state index in [2.05, 4.69) is 0 Å². The van der Waals surface area contributed by atoms with Gasteiger partial charge in [-0.2, -0.15) is 0 Å². The van der Waals surface area contributed by atoms with Gasteiger partial charge in [-0.3, -0.25) is 9.59 Å². The van der Waals surface area contributed by atoms with E-state index in [1.807, 2.05) is 0 Å². The van der Waals surface area contributed by atoms with Gasteiger partial charge in [0, 0.05) is 19.5 Å². The maximum atomic E-state index is 11.2. The van der Waals surface area contributed by atoms with Gasteiger partial charge in [0.05, 0.1) is 6.42 Å². The Morgan fingerprint density at radius 1 is 1.33 bits per heavy atom. The molecule has 0 aliphatic carbocycles. The number of hydrogen-bond acceptors (Lipinski definition) is 2. The zero-order valence-corrected chi connectivity index (χ0v) is 6.95. The van der Waals surface area contributed by atoms with Crippen LogP contribution in [0.5, 0.6) is 0 Å². The summed E-state index contributed by atoms with van der Waals surface area (Å²) < 4.78 is 0. The van der Waals surface area contributed by atoms with Crippen molar-refractivity contribution >= 4 is 11.8 Å². The lowest BCUT2D eigenvalue weighted by Gasteiger charge is -2.13. The molecule has 0 aromatic carbocycles. The van der Waals surface area contributed by atoms with Crippen LogP contribution in [0, 0.1) is 6.42 Å². The molecule has 0 saturated carbocycles. The second-order valence-corrected chi connectivity index (χ2v) is 2.90. The lowest BCUT2D eigenvalue weighted by molar-refractivity contribution is -0.130. The number of likely N-dealkylation sites (tertiary alicyclic amines) is 1. The Hall–Kier alpha value is -1.06. The van der Waals surface area contributed by atoms with Gasteiger partial charge in [-0.25, -0.2) is 0 Å². The third-order valence-corrected chi connectivity index (χ3v) is 1.94. The summed E-state index contributed by atoms with van der Waals surface area (Å²) in [6.45, 7) is 1.65. The van der Waals surface area contributed by atoms with Crippen molar-refractivity contribution in [1.82, 2.24) is 4.90 Å². The normalized spacial score (nSPS) is 16.5. The molecule has 2 N–H and O–H groups in total. The second-order valence-electron chi connectivity index (χ2n) is 2.90. The Bertz CT molecular complexity index is 185. The Kier molecular flexibility index (Phi) is 3.08. The first-order valence-corrected chi connectivity index (χ1v) is 4.10. The quantitative estimate of drug-likeness (QED) is 0.629. The molecule has 0 aromatic heterocycles. The van der Waals surface area contributed by atoms with Crippen LogP contribution in [0.25, 0.3) is 0 Å². The molecule has 1 radical (unpaired) electrons. The first kappa shape index (κ1) is 9.03. The minimum absolute atomic E-state index is 0.00583. The van der Waals surface area contributed by atoms with Gasteiger partial charge in [-0.05, 0) is 12.8 Å². The number of rotatable bonds is 3. The van der Waals surface area contributed by atoms with E-state index in [1.165, 1.54) is 6.42 Å². The molecule has 0 spiro atoms. The van der Waals surface area contributed by atoms with Crippen LogP contribution in [0.3, 0.4) is 0 Å². The van der Waals surface area contributed by atoms with E-state index < -0.39 is 5.91 Å². The molecule has 4 nitrogen and oxygen atoms in total. The van der Waals surface area contributed by atoms with Crippen molar-refractivity contribution in [1.29, 1.82) is 0 Å². The second kappa shape index (κ2) is 4.09. The summed E-state index contributed by atoms with van der Waals surface area (Å²) in [5.41, 5.74) is 4.87. The lowest BCUT2D eigenvalue weighted by Crippen LogP contribution is -2.28. The van der Waals surface area contributed by atoms with E-state index in [0.717, 1.165) is 25.9 Å². The minimum atomic E-state index is -0.525. The number of amides is 2. The molecule has 0 aromatic rings. The van der Waals surface area contributed by atoms with Crippen molar-refractivity contribution in [2.75, 3.05) is 13.1 Å². The zero-order chi connectivity index (χ0) is 8.97. The average molecular weight is 169 g/mol. The van der Waals surface area contributed by atoms with Crippen molar-refractivity contribution in [3.8, 4) is 0 Å². The van der Waals surface area contributed by atoms with Crippen LogP contribution in [-0.4, -0.2) is 29.8 Å². The van der Waals surface area contributed by atoms with Gasteiger partial charge < -0.3 is 10.6 Å². The van der Waals surface area contributed by atoms with Crippen LogP contribution in [0.4, 0.5) is 0 Å². The van der Waals surface area contributed by atoms with Gasteiger partial charge in [0.1, 0.15) is 0 Å². The van der Waals surface area contributed by atoms with E-state index in [4.69, 9.17) is 5.73 Å². The average Bonchev–Trinajstić information content (AvgIpc) is 2.51. The highest BCUT2D eigenvalue weighted by Crippen LogP contribution is 2.09. The maximum absolute atomic E-state index is 11.2. The molecular formula is C8H13N2O2. The largest absolute Gasteiger partial charge is 0.369 e. The topological polar surface area (TPSA) is 63.4 Å². The summed E-state index contributed by atoms with van der Waals surface area (Å²) in [6, 6.07) is 0. The van der Waals surface area contributed by atoms with Crippen LogP contribution in [0.2, 0.25) is 0 Å². The van der Waals surface area contributed by atoms with E-state index in [-0.39, 0.29) is 12.3 Å². The first-order chi connectivity index (χ1) is 5.70. The number of nitrogens with zero attached hydrogens (tertiary/aromatic N) is 1. The fourth-order valence-corrected chi connectivity index (χ4v) is 1.28. The van der Waals surface area contributed by atoms with Crippen molar-refractivity contribution in [3.63, 3.8) is 0 Å². The van der Waals surface area contributed by atoms with Gasteiger partial charge in [0.15, 0.2) is 0 Å². The molecular weight excluding hydrogens is 156 g/mol. The Morgan fingerprint density at radius 3 is 2.42 bits per heavy atom. The highest BCUT2D eigenvalue weighted by atomic mass is 16.2. The van der Waals surface area contributed by atoms with Crippen molar-refractivity contribution in [2.45, 2.75) is 19.3 Å². The van der Waals surface area contributed by atoms with Crippen LogP contribution in [0.15, 0.2) is 0 Å². The molecule has 1 saturated heterocycles. The molecule has 67 valence electrons. The summed E-state index contributed by atoms with van der Waals surface area (Å²) in [4.78, 5) is 23.3. The first-order valence-electron chi connectivity index (χ1n) is 4.10. The molecule has 0 unspecified atom stereocenters. The van der Waals surface area contributed by atoms with E-state index in [1.54, 1.807) is 4.90 Å². The molecule has 1 aliphatic rings. The molecule has 2 amide bonds. The van der Waals surface area contributed by atoms with Gasteiger partial charge in [-0.15, -0.1) is 0 Å². The molecule has 1 fully saturated rings. The van der Waals surface area contributed by atoms with Crippen LogP contribution >= 0.6 is 0 Å². The van der Waals surface area contributed by atoms with Crippen LogP contribution < -0.4 is 5.73 Å². The summed E-state index contributed by atoms with van der Waals surface area (Å²) in [5, 5.41) is 0. The van der Waals surface area contributed by atoms with Gasteiger partial charge in [-0.1, -0.05) is 0 Å². The monoisotopic (exact) mass is 169 g/mol. The van der Waals surface area contributed by atoms with Crippen molar-refractivity contribution < 1.29 is 9.59 Å². The van der Waals surface area contributed by atoms with Crippen LogP contribution in [-0.2, 0) is 9.59 Å². The summed E-state index contributed by atoms with van der Waals surface area (Å²) in [7, 11) is 0. The molecule has 1 heterocycles. The number of hydrogen-bond donors (Lipinski definition) is 1. The Balaban J connectivity index is 2.23. The van der Waals surface area contributed by atoms with Crippen molar-refractivity contribution in [3.05, 3.63) is 6.42 Å². The Morgan fingerprint density at radius 2 is 1.92 bits per heavy atom. The maximum Gasteiger partial charge on any atom is 0.223 e. The summed E-state index contributed by atoms with van der Waals surface area (Å²) in [6.07, 6.45) is 3.51. The molecule has 1 rings (SSSR count). The Labute approximate surface area is 71.7 Å². The molecule has 12 heavy (non-hydrogen) atoms. The van der Waals surface area contributed by atoms with Gasteiger partial charge in [0.25, 0.3) is 0 Å². The standard InChI is InChI=1S/C8H13N2O2/c9-7(11)3-4-8(12)10-5-1-2-6-10/h3H,1-2,4-6H2,(H2,9,11). The third-order valence-electron chi connectivity index (χ3n) is 1.94.